The van der Waals surface area contributed by atoms with Crippen molar-refractivity contribution in [3.05, 3.63) is 65.9 Å². The zero-order chi connectivity index (χ0) is 25.4. The van der Waals surface area contributed by atoms with Crippen LogP contribution in [0.2, 0.25) is 0 Å². The van der Waals surface area contributed by atoms with E-state index in [0.29, 0.717) is 29.5 Å². The van der Waals surface area contributed by atoms with Gasteiger partial charge >= 0.3 is 0 Å². The lowest BCUT2D eigenvalue weighted by Gasteiger charge is -2.36. The fourth-order valence-electron chi connectivity index (χ4n) is 4.21. The molecule has 1 amide bonds. The number of benzene rings is 1. The molecule has 0 radical (unpaired) electrons. The summed E-state index contributed by atoms with van der Waals surface area (Å²) in [4.78, 5) is 23.7. The molecule has 3 aromatic rings. The van der Waals surface area contributed by atoms with Crippen LogP contribution in [0.15, 0.2) is 59.6 Å². The Labute approximate surface area is 204 Å². The molecule has 0 bridgehead atoms. The Kier molecular flexibility index (Phi) is 6.21. The van der Waals surface area contributed by atoms with Crippen molar-refractivity contribution in [2.45, 2.75) is 37.6 Å². The number of carbonyl (C=O) groups is 1. The van der Waals surface area contributed by atoms with Crippen molar-refractivity contribution in [3.63, 3.8) is 0 Å². The first-order valence-corrected chi connectivity index (χ1v) is 12.6. The number of sulfonamides is 1. The highest BCUT2D eigenvalue weighted by Crippen LogP contribution is 2.39. The first-order valence-electron chi connectivity index (χ1n) is 11.1. The Morgan fingerprint density at radius 1 is 1.23 bits per heavy atom. The monoisotopic (exact) mass is 490 g/mol. The van der Waals surface area contributed by atoms with Gasteiger partial charge in [-0.3, -0.25) is 4.79 Å². The van der Waals surface area contributed by atoms with E-state index in [0.717, 1.165) is 12.0 Å². The van der Waals surface area contributed by atoms with E-state index < -0.39 is 15.9 Å². The Morgan fingerprint density at radius 2 is 2.00 bits per heavy atom. The maximum Gasteiger partial charge on any atom is 0.268 e. The molecule has 1 fully saturated rings. The fourth-order valence-corrected chi connectivity index (χ4v) is 5.26. The number of amides is 1. The predicted molar refractivity (Wildman–Crippen MR) is 133 cm³/mol. The van der Waals surface area contributed by atoms with Gasteiger partial charge in [-0.2, -0.15) is 5.26 Å². The number of pyridine rings is 2. The zero-order valence-corrected chi connectivity index (χ0v) is 20.5. The average molecular weight is 491 g/mol. The number of aromatic nitrogens is 2. The summed E-state index contributed by atoms with van der Waals surface area (Å²) in [6.45, 7) is 6.94. The summed E-state index contributed by atoms with van der Waals surface area (Å²) in [6.07, 6.45) is 2.27. The van der Waals surface area contributed by atoms with E-state index in [1.165, 1.54) is 18.3 Å². The highest BCUT2D eigenvalue weighted by molar-refractivity contribution is 7.90. The minimum absolute atomic E-state index is 0.124. The molecule has 2 aromatic heterocycles. The van der Waals surface area contributed by atoms with Crippen LogP contribution >= 0.6 is 0 Å². The molecule has 35 heavy (non-hydrogen) atoms. The van der Waals surface area contributed by atoms with Gasteiger partial charge in [0.1, 0.15) is 16.5 Å². The van der Waals surface area contributed by atoms with E-state index in [1.807, 2.05) is 11.0 Å². The smallest absolute Gasteiger partial charge is 0.268 e. The number of nitriles is 1. The van der Waals surface area contributed by atoms with Crippen molar-refractivity contribution in [3.8, 4) is 17.3 Å². The molecule has 1 aliphatic heterocycles. The number of hydrogen-bond donors (Lipinski definition) is 2. The lowest BCUT2D eigenvalue weighted by Crippen LogP contribution is -2.43. The van der Waals surface area contributed by atoms with Crippen LogP contribution in [-0.4, -0.2) is 36.4 Å². The lowest BCUT2D eigenvalue weighted by molar-refractivity contribution is 0.0981. The molecule has 10 heteroatoms. The molecule has 0 saturated carbocycles. The van der Waals surface area contributed by atoms with Gasteiger partial charge in [0.25, 0.3) is 15.9 Å². The Morgan fingerprint density at radius 3 is 2.66 bits per heavy atom. The van der Waals surface area contributed by atoms with Gasteiger partial charge < -0.3 is 10.6 Å². The number of anilines is 2. The van der Waals surface area contributed by atoms with E-state index in [9.17, 15) is 18.5 Å². The highest BCUT2D eigenvalue weighted by atomic mass is 32.2. The third-order valence-electron chi connectivity index (χ3n) is 6.67. The van der Waals surface area contributed by atoms with Gasteiger partial charge in [0.15, 0.2) is 0 Å². The summed E-state index contributed by atoms with van der Waals surface area (Å²) < 4.78 is 27.9. The summed E-state index contributed by atoms with van der Waals surface area (Å²) in [5.41, 5.74) is 7.31. The second-order valence-corrected chi connectivity index (χ2v) is 10.7. The van der Waals surface area contributed by atoms with Crippen LogP contribution in [0.4, 0.5) is 11.6 Å². The highest BCUT2D eigenvalue weighted by Gasteiger charge is 2.41. The van der Waals surface area contributed by atoms with Crippen LogP contribution in [0, 0.1) is 17.2 Å². The zero-order valence-electron chi connectivity index (χ0n) is 19.7. The third kappa shape index (κ3) is 4.55. The van der Waals surface area contributed by atoms with Crippen molar-refractivity contribution in [1.29, 1.82) is 5.26 Å². The molecule has 1 atom stereocenters. The van der Waals surface area contributed by atoms with Crippen molar-refractivity contribution in [2.24, 2.45) is 5.92 Å². The maximum absolute atomic E-state index is 13.3. The maximum atomic E-state index is 13.3. The van der Waals surface area contributed by atoms with Crippen LogP contribution < -0.4 is 15.4 Å². The van der Waals surface area contributed by atoms with Crippen LogP contribution in [0.1, 0.15) is 43.1 Å². The number of carbonyl (C=O) groups excluding carboxylic acids is 1. The van der Waals surface area contributed by atoms with Crippen molar-refractivity contribution >= 4 is 27.6 Å². The predicted octanol–water partition coefficient (Wildman–Crippen LogP) is 3.34. The minimum atomic E-state index is -4.26. The number of nitrogen functional groups attached to an aromatic ring is 1. The Balaban J connectivity index is 1.80. The van der Waals surface area contributed by atoms with Gasteiger partial charge in [-0.15, -0.1) is 0 Å². The number of hydrogen-bond acceptors (Lipinski definition) is 8. The fraction of sp³-hybridized carbons (Fsp3) is 0.280. The van der Waals surface area contributed by atoms with E-state index >= 15 is 0 Å². The molecule has 4 rings (SSSR count). The van der Waals surface area contributed by atoms with Crippen LogP contribution in [0.25, 0.3) is 11.3 Å². The molecule has 1 aliphatic rings. The SMILES string of the molecule is CC1CCN(c2nc(-c3cccc(C#N)c3)ccc2C(=O)NS(=O)(=O)c2cccnc2N)C1(C)C. The Hall–Kier alpha value is -3.97. The second-order valence-electron chi connectivity index (χ2n) is 9.08. The molecule has 9 nitrogen and oxygen atoms in total. The minimum Gasteiger partial charge on any atom is -0.383 e. The van der Waals surface area contributed by atoms with Gasteiger partial charge in [-0.25, -0.2) is 23.1 Å². The van der Waals surface area contributed by atoms with Gasteiger partial charge in [0.2, 0.25) is 0 Å². The summed E-state index contributed by atoms with van der Waals surface area (Å²) in [7, 11) is -4.26. The van der Waals surface area contributed by atoms with Gasteiger partial charge in [-0.05, 0) is 62.6 Å². The Bertz CT molecular complexity index is 1450. The van der Waals surface area contributed by atoms with Crippen LogP contribution in [-0.2, 0) is 10.0 Å². The van der Waals surface area contributed by atoms with Crippen molar-refractivity contribution in [1.82, 2.24) is 14.7 Å². The first kappa shape index (κ1) is 24.2. The summed E-state index contributed by atoms with van der Waals surface area (Å²) in [5, 5.41) is 9.27. The molecule has 1 unspecified atom stereocenters. The van der Waals surface area contributed by atoms with E-state index in [1.54, 1.807) is 30.3 Å². The molecule has 3 heterocycles. The molecular weight excluding hydrogens is 464 g/mol. The van der Waals surface area contributed by atoms with E-state index in [4.69, 9.17) is 10.7 Å². The standard InChI is InChI=1S/C25H26N6O3S/c1-16-11-13-31(25(16,2)3)23-19(9-10-20(29-23)18-7-4-6-17(14-18)15-26)24(32)30-35(33,34)21-8-5-12-28-22(21)27/h4-10,12,14,16H,11,13H2,1-3H3,(H2,27,28)(H,30,32). The van der Waals surface area contributed by atoms with E-state index in [-0.39, 0.29) is 21.8 Å². The summed E-state index contributed by atoms with van der Waals surface area (Å²) in [5.74, 6) is -0.312. The topological polar surface area (TPSA) is 142 Å². The molecule has 0 spiro atoms. The average Bonchev–Trinajstić information content (AvgIpc) is 3.10. The molecule has 3 N–H and O–H groups in total. The summed E-state index contributed by atoms with van der Waals surface area (Å²) in [6, 6.07) is 15.1. The molecule has 1 saturated heterocycles. The number of rotatable bonds is 5. The molecule has 0 aliphatic carbocycles. The third-order valence-corrected chi connectivity index (χ3v) is 8.04. The second kappa shape index (κ2) is 9.00. The summed E-state index contributed by atoms with van der Waals surface area (Å²) >= 11 is 0. The number of nitrogens with one attached hydrogen (secondary N) is 1. The van der Waals surface area contributed by atoms with Crippen molar-refractivity contribution in [2.75, 3.05) is 17.2 Å². The molecule has 180 valence electrons. The number of nitrogens with zero attached hydrogens (tertiary/aromatic N) is 4. The first-order chi connectivity index (χ1) is 16.5. The van der Waals surface area contributed by atoms with Gasteiger partial charge in [-0.1, -0.05) is 19.1 Å². The quantitative estimate of drug-likeness (QED) is 0.554. The van der Waals surface area contributed by atoms with Crippen LogP contribution in [0.5, 0.6) is 0 Å². The number of nitrogens with two attached hydrogens (primary N) is 1. The molecular formula is C25H26N6O3S. The molecule has 1 aromatic carbocycles. The normalized spacial score (nSPS) is 17.1. The van der Waals surface area contributed by atoms with Crippen LogP contribution in [0.3, 0.4) is 0 Å². The van der Waals surface area contributed by atoms with Gasteiger partial charge in [0, 0.05) is 23.8 Å². The lowest BCUT2D eigenvalue weighted by atomic mass is 9.90. The van der Waals surface area contributed by atoms with Crippen molar-refractivity contribution < 1.29 is 13.2 Å². The largest absolute Gasteiger partial charge is 0.383 e. The van der Waals surface area contributed by atoms with Gasteiger partial charge in [0.05, 0.1) is 22.9 Å². The van der Waals surface area contributed by atoms with E-state index in [2.05, 4.69) is 36.5 Å².